The lowest BCUT2D eigenvalue weighted by Crippen LogP contribution is -2.38. The van der Waals surface area contributed by atoms with E-state index in [9.17, 15) is 9.59 Å². The van der Waals surface area contributed by atoms with E-state index in [1.807, 2.05) is 17.0 Å². The van der Waals surface area contributed by atoms with E-state index in [0.717, 1.165) is 36.0 Å². The number of amides is 2. The van der Waals surface area contributed by atoms with Gasteiger partial charge in [0.25, 0.3) is 5.91 Å². The molecule has 4 rings (SSSR count). The minimum absolute atomic E-state index is 0. The molecular weight excluding hydrogens is 431 g/mol. The molecule has 5 nitrogen and oxygen atoms in total. The molecule has 0 bridgehead atoms. The molecule has 2 N–H and O–H groups in total. The zero-order chi connectivity index (χ0) is 19.9. The van der Waals surface area contributed by atoms with Gasteiger partial charge in [0.2, 0.25) is 5.91 Å². The number of carbonyl (C=O) groups excluding carboxylic acids is 2. The maximum atomic E-state index is 13.3. The van der Waals surface area contributed by atoms with E-state index in [0.29, 0.717) is 35.1 Å². The van der Waals surface area contributed by atoms with Crippen LogP contribution in [0.1, 0.15) is 39.9 Å². The molecule has 2 amide bonds. The minimum atomic E-state index is -0.524. The zero-order valence-electron chi connectivity index (χ0n) is 15.7. The molecule has 0 aromatic heterocycles. The van der Waals surface area contributed by atoms with Crippen LogP contribution in [0.25, 0.3) is 0 Å². The fourth-order valence-electron chi connectivity index (χ4n) is 4.37. The molecule has 0 unspecified atom stereocenters. The predicted octanol–water partition coefficient (Wildman–Crippen LogP) is 4.13. The molecule has 2 aromatic carbocycles. The van der Waals surface area contributed by atoms with Crippen molar-refractivity contribution in [3.63, 3.8) is 0 Å². The van der Waals surface area contributed by atoms with Crippen molar-refractivity contribution in [3.05, 3.63) is 68.7 Å². The number of likely N-dealkylation sites (tertiary alicyclic amines) is 1. The fourth-order valence-corrected chi connectivity index (χ4v) is 4.75. The number of benzene rings is 2. The van der Waals surface area contributed by atoms with Crippen molar-refractivity contribution < 1.29 is 14.8 Å². The van der Waals surface area contributed by atoms with Crippen LogP contribution in [0.4, 0.5) is 0 Å². The van der Waals surface area contributed by atoms with Crippen LogP contribution in [0, 0.1) is 5.41 Å². The van der Waals surface area contributed by atoms with Crippen LogP contribution in [-0.4, -0.2) is 28.5 Å². The summed E-state index contributed by atoms with van der Waals surface area (Å²) in [6.45, 7) is 1.16. The molecule has 0 saturated carbocycles. The Balaban J connectivity index is 0.00000240. The van der Waals surface area contributed by atoms with E-state index in [2.05, 4.69) is 0 Å². The van der Waals surface area contributed by atoms with E-state index in [1.165, 1.54) is 0 Å². The topological polar surface area (TPSA) is 69.6 Å². The fraction of sp³-hybridized carbons (Fsp3) is 0.333. The van der Waals surface area contributed by atoms with E-state index in [-0.39, 0.29) is 19.4 Å². The lowest BCUT2D eigenvalue weighted by Gasteiger charge is -2.33. The van der Waals surface area contributed by atoms with Crippen molar-refractivity contribution in [2.45, 2.75) is 32.2 Å². The van der Waals surface area contributed by atoms with Crippen LogP contribution in [0.3, 0.4) is 0 Å². The number of nitrogens with one attached hydrogen (secondary N) is 1. The SMILES string of the molecule is O=C(NO)c1ccc2c(c1)CC[C@@]1(CCN(Cc3cc(Cl)ccc3Cl)C1=O)C2.S. The third-order valence-corrected chi connectivity index (χ3v) is 6.55. The maximum Gasteiger partial charge on any atom is 0.274 e. The molecule has 1 fully saturated rings. The molecule has 1 heterocycles. The molecule has 1 aliphatic heterocycles. The molecule has 154 valence electrons. The summed E-state index contributed by atoms with van der Waals surface area (Å²) in [7, 11) is 0. The lowest BCUT2D eigenvalue weighted by atomic mass is 9.70. The summed E-state index contributed by atoms with van der Waals surface area (Å²) in [5.41, 5.74) is 4.71. The largest absolute Gasteiger partial charge is 0.338 e. The van der Waals surface area contributed by atoms with Crippen molar-refractivity contribution >= 4 is 48.5 Å². The number of halogens is 2. The molecule has 1 spiro atoms. The molecule has 1 aliphatic carbocycles. The van der Waals surface area contributed by atoms with Crippen LogP contribution in [-0.2, 0) is 24.2 Å². The maximum absolute atomic E-state index is 13.3. The van der Waals surface area contributed by atoms with Gasteiger partial charge < -0.3 is 4.90 Å². The van der Waals surface area contributed by atoms with Gasteiger partial charge >= 0.3 is 0 Å². The summed E-state index contributed by atoms with van der Waals surface area (Å²) in [5, 5.41) is 10.0. The Morgan fingerprint density at radius 1 is 1.14 bits per heavy atom. The van der Waals surface area contributed by atoms with Gasteiger partial charge in [0, 0.05) is 28.7 Å². The number of nitrogens with zero attached hydrogens (tertiary/aromatic N) is 1. The molecule has 29 heavy (non-hydrogen) atoms. The number of hydrogen-bond donors (Lipinski definition) is 2. The molecule has 8 heteroatoms. The third-order valence-electron chi connectivity index (χ3n) is 5.94. The highest BCUT2D eigenvalue weighted by Crippen LogP contribution is 2.44. The number of aryl methyl sites for hydroxylation is 1. The summed E-state index contributed by atoms with van der Waals surface area (Å²) in [5.74, 6) is -0.365. The van der Waals surface area contributed by atoms with E-state index >= 15 is 0 Å². The van der Waals surface area contributed by atoms with E-state index < -0.39 is 11.3 Å². The second-order valence-corrected chi connectivity index (χ2v) is 8.44. The average Bonchev–Trinajstić information content (AvgIpc) is 2.99. The summed E-state index contributed by atoms with van der Waals surface area (Å²) in [6.07, 6.45) is 2.96. The van der Waals surface area contributed by atoms with Crippen LogP contribution >= 0.6 is 36.7 Å². The quantitative estimate of drug-likeness (QED) is 0.543. The Bertz CT molecular complexity index is 969. The Labute approximate surface area is 186 Å². The predicted molar refractivity (Wildman–Crippen MR) is 117 cm³/mol. The second-order valence-electron chi connectivity index (χ2n) is 7.59. The smallest absolute Gasteiger partial charge is 0.274 e. The first-order valence-electron chi connectivity index (χ1n) is 9.21. The lowest BCUT2D eigenvalue weighted by molar-refractivity contribution is -0.137. The van der Waals surface area contributed by atoms with Crippen molar-refractivity contribution in [1.29, 1.82) is 0 Å². The van der Waals surface area contributed by atoms with Gasteiger partial charge in [-0.1, -0.05) is 29.3 Å². The first-order chi connectivity index (χ1) is 13.4. The van der Waals surface area contributed by atoms with Crippen LogP contribution in [0.2, 0.25) is 10.0 Å². The van der Waals surface area contributed by atoms with Crippen molar-refractivity contribution in [1.82, 2.24) is 10.4 Å². The van der Waals surface area contributed by atoms with Gasteiger partial charge in [0.05, 0.1) is 5.41 Å². The third kappa shape index (κ3) is 4.12. The summed E-state index contributed by atoms with van der Waals surface area (Å²) >= 11 is 12.3. The van der Waals surface area contributed by atoms with Gasteiger partial charge in [0.15, 0.2) is 0 Å². The average molecular weight is 453 g/mol. The minimum Gasteiger partial charge on any atom is -0.338 e. The standard InChI is InChI=1S/C21H20Cl2N2O3.H2S/c22-17-3-4-18(23)16(10-17)12-25-8-7-21(20(25)27)6-5-13-9-14(19(26)24-28)1-2-15(13)11-21;/h1-4,9-10,28H,5-8,11-12H2,(H,24,26);1H2/t21-;/m1./s1. The van der Waals surface area contributed by atoms with Crippen molar-refractivity contribution in [2.24, 2.45) is 5.41 Å². The first-order valence-corrected chi connectivity index (χ1v) is 9.97. The van der Waals surface area contributed by atoms with Gasteiger partial charge in [-0.05, 0) is 72.7 Å². The highest BCUT2D eigenvalue weighted by Gasteiger charge is 2.48. The first kappa shape index (κ1) is 22.0. The molecule has 2 aliphatic rings. The Morgan fingerprint density at radius 2 is 1.93 bits per heavy atom. The highest BCUT2D eigenvalue weighted by atomic mass is 35.5. The molecule has 1 saturated heterocycles. The Hall–Kier alpha value is -1.73. The van der Waals surface area contributed by atoms with Crippen molar-refractivity contribution in [2.75, 3.05) is 6.54 Å². The summed E-state index contributed by atoms with van der Waals surface area (Å²) in [4.78, 5) is 26.8. The van der Waals surface area contributed by atoms with Gasteiger partial charge in [0.1, 0.15) is 0 Å². The van der Waals surface area contributed by atoms with Gasteiger partial charge in [-0.2, -0.15) is 13.5 Å². The Morgan fingerprint density at radius 3 is 2.69 bits per heavy atom. The molecule has 2 aromatic rings. The van der Waals surface area contributed by atoms with E-state index in [1.54, 1.807) is 29.7 Å². The van der Waals surface area contributed by atoms with Gasteiger partial charge in [-0.25, -0.2) is 5.48 Å². The molecular formula is C21H22Cl2N2O3S. The van der Waals surface area contributed by atoms with Crippen LogP contribution in [0.5, 0.6) is 0 Å². The number of carbonyl (C=O) groups is 2. The normalized spacial score (nSPS) is 20.4. The second kappa shape index (κ2) is 8.56. The monoisotopic (exact) mass is 452 g/mol. The molecule has 1 atom stereocenters. The van der Waals surface area contributed by atoms with Crippen molar-refractivity contribution in [3.8, 4) is 0 Å². The highest BCUT2D eigenvalue weighted by molar-refractivity contribution is 7.59. The van der Waals surface area contributed by atoms with Gasteiger partial charge in [-0.15, -0.1) is 0 Å². The summed E-state index contributed by atoms with van der Waals surface area (Å²) in [6, 6.07) is 10.7. The number of hydrogen-bond acceptors (Lipinski definition) is 3. The number of rotatable bonds is 3. The number of hydroxylamine groups is 1. The van der Waals surface area contributed by atoms with Crippen LogP contribution < -0.4 is 5.48 Å². The zero-order valence-corrected chi connectivity index (χ0v) is 18.2. The number of fused-ring (bicyclic) bond motifs is 1. The summed E-state index contributed by atoms with van der Waals surface area (Å²) < 4.78 is 0. The van der Waals surface area contributed by atoms with E-state index in [4.69, 9.17) is 28.4 Å². The molecule has 0 radical (unpaired) electrons. The van der Waals surface area contributed by atoms with Crippen LogP contribution in [0.15, 0.2) is 36.4 Å². The van der Waals surface area contributed by atoms with Gasteiger partial charge in [-0.3, -0.25) is 14.8 Å². The Kier molecular flexibility index (Phi) is 6.48.